The van der Waals surface area contributed by atoms with E-state index >= 15 is 0 Å². The fraction of sp³-hybridized carbons (Fsp3) is 0.273. The molecule has 178 valence electrons. The number of halogens is 5. The summed E-state index contributed by atoms with van der Waals surface area (Å²) in [7, 11) is 0. The molecule has 0 N–H and O–H groups in total. The monoisotopic (exact) mass is 495 g/mol. The maximum absolute atomic E-state index is 14.7. The Morgan fingerprint density at radius 3 is 2.47 bits per heavy atom. The largest absolute Gasteiger partial charge is 0.431 e. The summed E-state index contributed by atoms with van der Waals surface area (Å²) in [6.07, 6.45) is -2.75. The molecule has 2 aromatic heterocycles. The lowest BCUT2D eigenvalue weighted by Crippen LogP contribution is -2.48. The number of hydrogen-bond donors (Lipinski definition) is 0. The van der Waals surface area contributed by atoms with E-state index in [-0.39, 0.29) is 50.9 Å². The summed E-state index contributed by atoms with van der Waals surface area (Å²) in [4.78, 5) is 36.4. The Bertz CT molecular complexity index is 1360. The molecular formula is C22H18ClF4N5O2. The normalized spacial score (nSPS) is 14.5. The number of benzene rings is 1. The van der Waals surface area contributed by atoms with Gasteiger partial charge >= 0.3 is 6.18 Å². The molecular weight excluding hydrogens is 478 g/mol. The third kappa shape index (κ3) is 4.00. The van der Waals surface area contributed by atoms with Crippen LogP contribution in [0.1, 0.15) is 11.3 Å². The zero-order chi connectivity index (χ0) is 24.8. The number of fused-ring (bicyclic) bond motifs is 1. The first-order chi connectivity index (χ1) is 16.0. The van der Waals surface area contributed by atoms with Crippen LogP contribution >= 0.6 is 11.6 Å². The zero-order valence-corrected chi connectivity index (χ0v) is 18.6. The molecule has 3 aromatic rings. The number of piperazine rings is 1. The molecule has 0 atom stereocenters. The van der Waals surface area contributed by atoms with E-state index in [1.807, 2.05) is 0 Å². The van der Waals surface area contributed by atoms with Gasteiger partial charge in [0.2, 0.25) is 5.91 Å². The quantitative estimate of drug-likeness (QED) is 0.409. The number of carbonyl (C=O) groups is 1. The molecule has 1 aliphatic rings. The number of hydrogen-bond acceptors (Lipinski definition) is 5. The number of nitrogens with zero attached hydrogens (tertiary/aromatic N) is 5. The Balaban J connectivity index is 1.93. The lowest BCUT2D eigenvalue weighted by Gasteiger charge is -2.35. The number of rotatable bonds is 3. The van der Waals surface area contributed by atoms with Crippen LogP contribution in [0.15, 0.2) is 42.0 Å². The van der Waals surface area contributed by atoms with Crippen LogP contribution in [0.2, 0.25) is 5.02 Å². The first kappa shape index (κ1) is 23.7. The smallest absolute Gasteiger partial charge is 0.352 e. The summed E-state index contributed by atoms with van der Waals surface area (Å²) in [5.74, 6) is -1.17. The summed E-state index contributed by atoms with van der Waals surface area (Å²) in [5.41, 5.74) is -3.46. The van der Waals surface area contributed by atoms with Gasteiger partial charge in [-0.1, -0.05) is 18.2 Å². The molecule has 0 saturated carbocycles. The van der Waals surface area contributed by atoms with Gasteiger partial charge < -0.3 is 9.80 Å². The molecule has 1 fully saturated rings. The van der Waals surface area contributed by atoms with Crippen molar-refractivity contribution in [3.8, 4) is 5.69 Å². The van der Waals surface area contributed by atoms with Crippen LogP contribution in [0.25, 0.3) is 16.6 Å². The van der Waals surface area contributed by atoms with Crippen molar-refractivity contribution in [1.82, 2.24) is 19.4 Å². The molecule has 0 radical (unpaired) electrons. The second-order valence-electron chi connectivity index (χ2n) is 7.65. The minimum absolute atomic E-state index is 0.00633. The van der Waals surface area contributed by atoms with E-state index in [1.54, 1.807) is 9.80 Å². The van der Waals surface area contributed by atoms with Crippen LogP contribution in [0, 0.1) is 12.7 Å². The number of alkyl halides is 3. The Hall–Kier alpha value is -3.47. The molecule has 0 unspecified atom stereocenters. The van der Waals surface area contributed by atoms with Crippen molar-refractivity contribution in [2.75, 3.05) is 31.1 Å². The van der Waals surface area contributed by atoms with Crippen molar-refractivity contribution in [1.29, 1.82) is 0 Å². The standard InChI is InChI=1S/C22H18ClF4N5O2/c1-3-17(33)30-6-8-31(9-7-30)20-13-10-16(22(25,26)27)32(21(34)18(13)28-11-29-20)19-12(2)14(23)4-5-15(19)24/h3-5,10-11H,1,6-9H2,2H3. The molecule has 0 spiro atoms. The lowest BCUT2D eigenvalue weighted by atomic mass is 10.1. The van der Waals surface area contributed by atoms with Gasteiger partial charge in [0.1, 0.15) is 29.2 Å². The predicted molar refractivity (Wildman–Crippen MR) is 119 cm³/mol. The molecule has 1 amide bonds. The van der Waals surface area contributed by atoms with Crippen LogP contribution in [0.3, 0.4) is 0 Å². The van der Waals surface area contributed by atoms with Gasteiger partial charge in [0.25, 0.3) is 5.56 Å². The highest BCUT2D eigenvalue weighted by atomic mass is 35.5. The van der Waals surface area contributed by atoms with E-state index in [2.05, 4.69) is 16.5 Å². The van der Waals surface area contributed by atoms with Crippen LogP contribution < -0.4 is 10.5 Å². The molecule has 4 rings (SSSR count). The number of amides is 1. The van der Waals surface area contributed by atoms with Crippen molar-refractivity contribution in [3.05, 3.63) is 69.6 Å². The molecule has 0 aliphatic carbocycles. The average Bonchev–Trinajstić information content (AvgIpc) is 2.81. The second kappa shape index (κ2) is 8.71. The fourth-order valence-corrected chi connectivity index (χ4v) is 4.13. The highest BCUT2D eigenvalue weighted by Gasteiger charge is 2.38. The van der Waals surface area contributed by atoms with E-state index < -0.39 is 28.9 Å². The van der Waals surface area contributed by atoms with E-state index in [4.69, 9.17) is 11.6 Å². The first-order valence-electron chi connectivity index (χ1n) is 10.1. The van der Waals surface area contributed by atoms with E-state index in [0.717, 1.165) is 18.5 Å². The van der Waals surface area contributed by atoms with E-state index in [0.29, 0.717) is 13.1 Å². The molecule has 1 aromatic carbocycles. The van der Waals surface area contributed by atoms with Gasteiger partial charge in [-0.25, -0.2) is 14.4 Å². The summed E-state index contributed by atoms with van der Waals surface area (Å²) in [6, 6.07) is 2.84. The highest BCUT2D eigenvalue weighted by molar-refractivity contribution is 6.31. The Kier molecular flexibility index (Phi) is 6.07. The van der Waals surface area contributed by atoms with Gasteiger partial charge in [-0.15, -0.1) is 0 Å². The van der Waals surface area contributed by atoms with Crippen LogP contribution in [-0.4, -0.2) is 51.5 Å². The van der Waals surface area contributed by atoms with Gasteiger partial charge in [0, 0.05) is 31.2 Å². The van der Waals surface area contributed by atoms with Crippen molar-refractivity contribution in [3.63, 3.8) is 0 Å². The first-order valence-corrected chi connectivity index (χ1v) is 10.5. The van der Waals surface area contributed by atoms with Crippen LogP contribution in [-0.2, 0) is 11.0 Å². The molecule has 0 bridgehead atoms. The number of pyridine rings is 1. The van der Waals surface area contributed by atoms with Gasteiger partial charge in [-0.3, -0.25) is 14.2 Å². The summed E-state index contributed by atoms with van der Waals surface area (Å²) < 4.78 is 57.4. The van der Waals surface area contributed by atoms with Gasteiger partial charge in [0.15, 0.2) is 0 Å². The predicted octanol–water partition coefficient (Wildman–Crippen LogP) is 3.74. The van der Waals surface area contributed by atoms with Gasteiger partial charge in [-0.05, 0) is 36.8 Å². The molecule has 1 aliphatic heterocycles. The van der Waals surface area contributed by atoms with Crippen molar-refractivity contribution < 1.29 is 22.4 Å². The zero-order valence-electron chi connectivity index (χ0n) is 17.9. The van der Waals surface area contributed by atoms with E-state index in [1.165, 1.54) is 19.1 Å². The Labute approximate surface area is 195 Å². The maximum atomic E-state index is 14.7. The number of anilines is 1. The molecule has 1 saturated heterocycles. The van der Waals surface area contributed by atoms with Gasteiger partial charge in [-0.2, -0.15) is 13.2 Å². The van der Waals surface area contributed by atoms with E-state index in [9.17, 15) is 27.2 Å². The fourth-order valence-electron chi connectivity index (χ4n) is 3.97. The lowest BCUT2D eigenvalue weighted by molar-refractivity contribution is -0.142. The Morgan fingerprint density at radius 1 is 1.18 bits per heavy atom. The highest BCUT2D eigenvalue weighted by Crippen LogP contribution is 2.36. The van der Waals surface area contributed by atoms with Gasteiger partial charge in [0.05, 0.1) is 11.1 Å². The SMILES string of the molecule is C=CC(=O)N1CCN(c2ncnc3c(=O)n(-c4c(F)ccc(Cl)c4C)c(C(F)(F)F)cc23)CC1. The van der Waals surface area contributed by atoms with Crippen molar-refractivity contribution in [2.45, 2.75) is 13.1 Å². The second-order valence-corrected chi connectivity index (χ2v) is 8.05. The van der Waals surface area contributed by atoms with Crippen LogP contribution in [0.4, 0.5) is 23.4 Å². The summed E-state index contributed by atoms with van der Waals surface area (Å²) in [6.45, 7) is 5.92. The average molecular weight is 496 g/mol. The molecule has 3 heterocycles. The maximum Gasteiger partial charge on any atom is 0.431 e. The summed E-state index contributed by atoms with van der Waals surface area (Å²) in [5, 5.41) is -0.119. The van der Waals surface area contributed by atoms with Crippen LogP contribution in [0.5, 0.6) is 0 Å². The third-order valence-electron chi connectivity index (χ3n) is 5.69. The molecule has 7 nitrogen and oxygen atoms in total. The molecule has 34 heavy (non-hydrogen) atoms. The van der Waals surface area contributed by atoms with Crippen molar-refractivity contribution in [2.24, 2.45) is 0 Å². The Morgan fingerprint density at radius 2 is 1.85 bits per heavy atom. The third-order valence-corrected chi connectivity index (χ3v) is 6.10. The number of aromatic nitrogens is 3. The topological polar surface area (TPSA) is 71.3 Å². The van der Waals surface area contributed by atoms with Crippen molar-refractivity contribution >= 4 is 34.2 Å². The molecule has 12 heteroatoms. The number of carbonyl (C=O) groups excluding carboxylic acids is 1. The minimum Gasteiger partial charge on any atom is -0.352 e. The minimum atomic E-state index is -5.00. The summed E-state index contributed by atoms with van der Waals surface area (Å²) >= 11 is 6.01.